The lowest BCUT2D eigenvalue weighted by atomic mass is 10.0. The minimum Gasteiger partial charge on any atom is -0.483 e. The number of benzene rings is 1. The standard InChI is InChI=1S/C16H20BrNO4/c1-12-2-3-14(13(17)10-12)20-11-15(19)18-6-4-16(5-7-18)21-8-9-22-16/h2-3,10H,4-9,11H2,1H3. The maximum absolute atomic E-state index is 12.3. The monoisotopic (exact) mass is 369 g/mol. The van der Waals surface area contributed by atoms with Crippen LogP contribution in [0.1, 0.15) is 18.4 Å². The molecule has 2 aliphatic heterocycles. The van der Waals surface area contributed by atoms with Gasteiger partial charge in [-0.25, -0.2) is 0 Å². The number of likely N-dealkylation sites (tertiary alicyclic amines) is 1. The van der Waals surface area contributed by atoms with Crippen molar-refractivity contribution >= 4 is 21.8 Å². The summed E-state index contributed by atoms with van der Waals surface area (Å²) in [5.74, 6) is 0.243. The number of amides is 1. The third kappa shape index (κ3) is 3.45. The van der Waals surface area contributed by atoms with Gasteiger partial charge < -0.3 is 19.1 Å². The topological polar surface area (TPSA) is 48.0 Å². The fourth-order valence-corrected chi connectivity index (χ4v) is 3.44. The number of carbonyl (C=O) groups is 1. The second-order valence-electron chi connectivity index (χ2n) is 5.71. The number of rotatable bonds is 3. The van der Waals surface area contributed by atoms with Crippen molar-refractivity contribution in [1.29, 1.82) is 0 Å². The van der Waals surface area contributed by atoms with Crippen LogP contribution in [0.4, 0.5) is 0 Å². The Morgan fingerprint density at radius 2 is 2.00 bits per heavy atom. The summed E-state index contributed by atoms with van der Waals surface area (Å²) in [5.41, 5.74) is 1.14. The van der Waals surface area contributed by atoms with E-state index in [9.17, 15) is 4.79 Å². The van der Waals surface area contributed by atoms with Crippen LogP contribution < -0.4 is 4.74 Å². The largest absolute Gasteiger partial charge is 0.483 e. The number of halogens is 1. The predicted molar refractivity (Wildman–Crippen MR) is 84.8 cm³/mol. The molecule has 0 aliphatic carbocycles. The third-order valence-corrected chi connectivity index (χ3v) is 4.75. The van der Waals surface area contributed by atoms with E-state index < -0.39 is 5.79 Å². The predicted octanol–water partition coefficient (Wildman–Crippen LogP) is 2.50. The van der Waals surface area contributed by atoms with Crippen molar-refractivity contribution in [2.24, 2.45) is 0 Å². The fraction of sp³-hybridized carbons (Fsp3) is 0.562. The van der Waals surface area contributed by atoms with Gasteiger partial charge in [0.2, 0.25) is 0 Å². The summed E-state index contributed by atoms with van der Waals surface area (Å²) in [4.78, 5) is 14.1. The van der Waals surface area contributed by atoms with E-state index in [0.29, 0.717) is 32.1 Å². The zero-order valence-electron chi connectivity index (χ0n) is 12.6. The molecule has 0 saturated carbocycles. The summed E-state index contributed by atoms with van der Waals surface area (Å²) >= 11 is 3.45. The van der Waals surface area contributed by atoms with Crippen LogP contribution in [0.3, 0.4) is 0 Å². The van der Waals surface area contributed by atoms with Gasteiger partial charge in [0.1, 0.15) is 5.75 Å². The first kappa shape index (κ1) is 15.8. The van der Waals surface area contributed by atoms with Gasteiger partial charge in [-0.2, -0.15) is 0 Å². The van der Waals surface area contributed by atoms with Crippen molar-refractivity contribution in [3.8, 4) is 5.75 Å². The van der Waals surface area contributed by atoms with E-state index in [1.165, 1.54) is 0 Å². The Balaban J connectivity index is 1.50. The Morgan fingerprint density at radius 3 is 2.64 bits per heavy atom. The minimum atomic E-state index is -0.447. The highest BCUT2D eigenvalue weighted by molar-refractivity contribution is 9.10. The number of ether oxygens (including phenoxy) is 3. The highest BCUT2D eigenvalue weighted by Crippen LogP contribution is 2.31. The Kier molecular flexibility index (Phi) is 4.70. The van der Waals surface area contributed by atoms with Gasteiger partial charge in [-0.3, -0.25) is 4.79 Å². The van der Waals surface area contributed by atoms with E-state index in [4.69, 9.17) is 14.2 Å². The van der Waals surface area contributed by atoms with E-state index in [0.717, 1.165) is 22.9 Å². The summed E-state index contributed by atoms with van der Waals surface area (Å²) < 4.78 is 17.8. The molecule has 1 amide bonds. The van der Waals surface area contributed by atoms with Crippen molar-refractivity contribution in [3.05, 3.63) is 28.2 Å². The summed E-state index contributed by atoms with van der Waals surface area (Å²) in [7, 11) is 0. The van der Waals surface area contributed by atoms with Gasteiger partial charge in [0.05, 0.1) is 17.7 Å². The van der Waals surface area contributed by atoms with Crippen molar-refractivity contribution in [1.82, 2.24) is 4.90 Å². The Bertz CT molecular complexity index is 547. The van der Waals surface area contributed by atoms with E-state index in [1.54, 1.807) is 0 Å². The van der Waals surface area contributed by atoms with Crippen LogP contribution in [-0.2, 0) is 14.3 Å². The molecule has 0 radical (unpaired) electrons. The van der Waals surface area contributed by atoms with Gasteiger partial charge in [0.15, 0.2) is 12.4 Å². The van der Waals surface area contributed by atoms with Gasteiger partial charge in [0.25, 0.3) is 5.91 Å². The van der Waals surface area contributed by atoms with E-state index in [-0.39, 0.29) is 12.5 Å². The van der Waals surface area contributed by atoms with Gasteiger partial charge >= 0.3 is 0 Å². The van der Waals surface area contributed by atoms with Gasteiger partial charge in [0, 0.05) is 25.9 Å². The van der Waals surface area contributed by atoms with Crippen LogP contribution in [-0.4, -0.2) is 49.5 Å². The number of aryl methyl sites for hydroxylation is 1. The van der Waals surface area contributed by atoms with Crippen LogP contribution in [0.25, 0.3) is 0 Å². The van der Waals surface area contributed by atoms with Crippen LogP contribution in [0.2, 0.25) is 0 Å². The molecular formula is C16H20BrNO4. The molecule has 2 fully saturated rings. The number of hydrogen-bond acceptors (Lipinski definition) is 4. The molecule has 3 rings (SSSR count). The zero-order chi connectivity index (χ0) is 15.6. The molecule has 2 saturated heterocycles. The number of hydrogen-bond donors (Lipinski definition) is 0. The fourth-order valence-electron chi connectivity index (χ4n) is 2.84. The number of nitrogens with zero attached hydrogens (tertiary/aromatic N) is 1. The molecule has 1 aromatic rings. The maximum atomic E-state index is 12.3. The van der Waals surface area contributed by atoms with Crippen molar-refractivity contribution < 1.29 is 19.0 Å². The van der Waals surface area contributed by atoms with Crippen LogP contribution in [0, 0.1) is 6.92 Å². The maximum Gasteiger partial charge on any atom is 0.260 e. The molecule has 2 aliphatic rings. The number of piperidine rings is 1. The van der Waals surface area contributed by atoms with Gasteiger partial charge in [-0.1, -0.05) is 6.07 Å². The van der Waals surface area contributed by atoms with Gasteiger partial charge in [-0.05, 0) is 40.5 Å². The molecule has 0 atom stereocenters. The SMILES string of the molecule is Cc1ccc(OCC(=O)N2CCC3(CC2)OCCO3)c(Br)c1. The molecular weight excluding hydrogens is 350 g/mol. The molecule has 6 heteroatoms. The minimum absolute atomic E-state index is 0.000298. The normalized spacial score (nSPS) is 20.4. The summed E-state index contributed by atoms with van der Waals surface area (Å²) in [6, 6.07) is 5.81. The highest BCUT2D eigenvalue weighted by atomic mass is 79.9. The molecule has 5 nitrogen and oxygen atoms in total. The lowest BCUT2D eigenvalue weighted by Crippen LogP contribution is -2.48. The first-order valence-corrected chi connectivity index (χ1v) is 8.32. The number of carbonyl (C=O) groups excluding carboxylic acids is 1. The molecule has 1 aromatic carbocycles. The first-order valence-electron chi connectivity index (χ1n) is 7.53. The molecule has 0 unspecified atom stereocenters. The Hall–Kier alpha value is -1.11. The lowest BCUT2D eigenvalue weighted by molar-refractivity contribution is -0.187. The van der Waals surface area contributed by atoms with Crippen molar-refractivity contribution in [2.75, 3.05) is 32.9 Å². The Morgan fingerprint density at radius 1 is 1.32 bits per heavy atom. The third-order valence-electron chi connectivity index (χ3n) is 4.13. The highest BCUT2D eigenvalue weighted by Gasteiger charge is 2.40. The van der Waals surface area contributed by atoms with Crippen LogP contribution in [0.5, 0.6) is 5.75 Å². The summed E-state index contributed by atoms with van der Waals surface area (Å²) in [6.07, 6.45) is 1.46. The lowest BCUT2D eigenvalue weighted by Gasteiger charge is -2.37. The zero-order valence-corrected chi connectivity index (χ0v) is 14.2. The second-order valence-corrected chi connectivity index (χ2v) is 6.57. The molecule has 1 spiro atoms. The summed E-state index contributed by atoms with van der Waals surface area (Å²) in [6.45, 7) is 4.67. The molecule has 0 aromatic heterocycles. The molecule has 22 heavy (non-hydrogen) atoms. The van der Waals surface area contributed by atoms with E-state index in [1.807, 2.05) is 30.0 Å². The smallest absolute Gasteiger partial charge is 0.260 e. The van der Waals surface area contributed by atoms with E-state index >= 15 is 0 Å². The average molecular weight is 370 g/mol. The van der Waals surface area contributed by atoms with Crippen molar-refractivity contribution in [3.63, 3.8) is 0 Å². The van der Waals surface area contributed by atoms with Crippen LogP contribution in [0.15, 0.2) is 22.7 Å². The second kappa shape index (κ2) is 6.56. The first-order chi connectivity index (χ1) is 10.6. The molecule has 2 heterocycles. The molecule has 0 N–H and O–H groups in total. The van der Waals surface area contributed by atoms with E-state index in [2.05, 4.69) is 15.9 Å². The molecule has 0 bridgehead atoms. The summed E-state index contributed by atoms with van der Waals surface area (Å²) in [5, 5.41) is 0. The van der Waals surface area contributed by atoms with Gasteiger partial charge in [-0.15, -0.1) is 0 Å². The average Bonchev–Trinajstić information content (AvgIpc) is 2.95. The van der Waals surface area contributed by atoms with Crippen LogP contribution >= 0.6 is 15.9 Å². The molecule has 120 valence electrons. The quantitative estimate of drug-likeness (QED) is 0.821. The Labute approximate surface area is 138 Å². The van der Waals surface area contributed by atoms with Crippen molar-refractivity contribution in [2.45, 2.75) is 25.6 Å².